The van der Waals surface area contributed by atoms with Crippen LogP contribution in [0.2, 0.25) is 5.02 Å². The van der Waals surface area contributed by atoms with Gasteiger partial charge >= 0.3 is 0 Å². The third kappa shape index (κ3) is 5.10. The third-order valence-electron chi connectivity index (χ3n) is 4.81. The van der Waals surface area contributed by atoms with Gasteiger partial charge in [-0.25, -0.2) is 0 Å². The third-order valence-corrected chi connectivity index (χ3v) is 5.06. The number of nitrogens with zero attached hydrogens (tertiary/aromatic N) is 1. The molecule has 0 bridgehead atoms. The zero-order chi connectivity index (χ0) is 20.1. The Hall–Kier alpha value is -2.41. The van der Waals surface area contributed by atoms with Crippen LogP contribution in [0.1, 0.15) is 23.1 Å². The fourth-order valence-corrected chi connectivity index (χ4v) is 3.49. The van der Waals surface area contributed by atoms with Crippen LogP contribution in [0, 0.1) is 0 Å². The lowest BCUT2D eigenvalue weighted by Crippen LogP contribution is -2.46. The molecule has 2 unspecified atom stereocenters. The Morgan fingerprint density at radius 1 is 1.11 bits per heavy atom. The van der Waals surface area contributed by atoms with Crippen LogP contribution in [0.15, 0.2) is 48.5 Å². The number of aliphatic hydroxyl groups excluding tert-OH is 2. The Labute approximate surface area is 168 Å². The normalized spacial score (nSPS) is 18.9. The number of nitrogens with one attached hydrogen (secondary N) is 1. The van der Waals surface area contributed by atoms with E-state index in [0.717, 1.165) is 16.7 Å². The van der Waals surface area contributed by atoms with Crippen molar-refractivity contribution in [2.24, 2.45) is 0 Å². The van der Waals surface area contributed by atoms with Gasteiger partial charge in [0, 0.05) is 24.5 Å². The van der Waals surface area contributed by atoms with Crippen molar-refractivity contribution in [1.29, 1.82) is 0 Å². The second kappa shape index (κ2) is 9.19. The molecule has 2 aromatic rings. The van der Waals surface area contributed by atoms with Crippen LogP contribution in [-0.4, -0.2) is 45.6 Å². The highest BCUT2D eigenvalue weighted by molar-refractivity contribution is 6.30. The Balaban J connectivity index is 1.63. The predicted octanol–water partition coefficient (Wildman–Crippen LogP) is 1.65. The first-order valence-electron chi connectivity index (χ1n) is 9.14. The van der Waals surface area contributed by atoms with Gasteiger partial charge in [-0.05, 0) is 28.8 Å². The maximum atomic E-state index is 12.7. The van der Waals surface area contributed by atoms with Gasteiger partial charge in [-0.2, -0.15) is 0 Å². The molecular weight excluding hydrogens is 380 g/mol. The van der Waals surface area contributed by atoms with Crippen LogP contribution in [-0.2, 0) is 29.2 Å². The minimum atomic E-state index is -0.723. The number of amides is 2. The van der Waals surface area contributed by atoms with Crippen molar-refractivity contribution in [2.45, 2.75) is 38.1 Å². The van der Waals surface area contributed by atoms with Crippen molar-refractivity contribution in [3.8, 4) is 0 Å². The summed E-state index contributed by atoms with van der Waals surface area (Å²) in [5.74, 6) is -0.512. The van der Waals surface area contributed by atoms with E-state index in [-0.39, 0.29) is 37.8 Å². The number of carbonyl (C=O) groups excluding carboxylic acids is 2. The largest absolute Gasteiger partial charge is 0.392 e. The summed E-state index contributed by atoms with van der Waals surface area (Å²) in [4.78, 5) is 26.8. The lowest BCUT2D eigenvalue weighted by Gasteiger charge is -2.24. The minimum absolute atomic E-state index is 0.0970. The molecule has 148 valence electrons. The molecule has 0 radical (unpaired) electrons. The summed E-state index contributed by atoms with van der Waals surface area (Å²) >= 11 is 5.86. The van der Waals surface area contributed by atoms with E-state index in [1.165, 1.54) is 4.90 Å². The van der Waals surface area contributed by atoms with E-state index >= 15 is 0 Å². The molecule has 7 heteroatoms. The summed E-state index contributed by atoms with van der Waals surface area (Å²) in [5, 5.41) is 22.7. The molecule has 0 spiro atoms. The van der Waals surface area contributed by atoms with Gasteiger partial charge in [-0.3, -0.25) is 9.59 Å². The maximum absolute atomic E-state index is 12.7. The van der Waals surface area contributed by atoms with E-state index in [1.54, 1.807) is 36.4 Å². The molecule has 1 aliphatic rings. The van der Waals surface area contributed by atoms with E-state index in [2.05, 4.69) is 5.32 Å². The number of aliphatic hydroxyl groups is 2. The molecule has 1 aliphatic heterocycles. The average molecular weight is 403 g/mol. The zero-order valence-electron chi connectivity index (χ0n) is 15.3. The second-order valence-electron chi connectivity index (χ2n) is 6.95. The first-order valence-corrected chi connectivity index (χ1v) is 9.52. The topological polar surface area (TPSA) is 89.9 Å². The van der Waals surface area contributed by atoms with Crippen LogP contribution < -0.4 is 5.32 Å². The Bertz CT molecular complexity index is 841. The zero-order valence-corrected chi connectivity index (χ0v) is 16.1. The SMILES string of the molecule is O=C(NCc1ccc(Cl)cc1)C1CC(O)CN1C(=O)Cc1cccc(CO)c1. The maximum Gasteiger partial charge on any atom is 0.243 e. The molecule has 2 amide bonds. The van der Waals surface area contributed by atoms with Crippen LogP contribution in [0.4, 0.5) is 0 Å². The van der Waals surface area contributed by atoms with E-state index in [4.69, 9.17) is 11.6 Å². The Kier molecular flexibility index (Phi) is 6.67. The number of likely N-dealkylation sites (tertiary alicyclic amines) is 1. The molecule has 1 saturated heterocycles. The van der Waals surface area contributed by atoms with Crippen molar-refractivity contribution in [3.05, 3.63) is 70.2 Å². The number of hydrogen-bond acceptors (Lipinski definition) is 4. The highest BCUT2D eigenvalue weighted by Crippen LogP contribution is 2.20. The van der Waals surface area contributed by atoms with Gasteiger partial charge in [-0.15, -0.1) is 0 Å². The van der Waals surface area contributed by atoms with Crippen LogP contribution in [0.5, 0.6) is 0 Å². The van der Waals surface area contributed by atoms with Gasteiger partial charge < -0.3 is 20.4 Å². The summed E-state index contributed by atoms with van der Waals surface area (Å²) in [6, 6.07) is 13.6. The Morgan fingerprint density at radius 2 is 1.82 bits per heavy atom. The lowest BCUT2D eigenvalue weighted by molar-refractivity contribution is -0.138. The fourth-order valence-electron chi connectivity index (χ4n) is 3.36. The van der Waals surface area contributed by atoms with E-state index in [9.17, 15) is 19.8 Å². The molecule has 1 heterocycles. The molecule has 2 aromatic carbocycles. The van der Waals surface area contributed by atoms with E-state index in [0.29, 0.717) is 11.6 Å². The second-order valence-corrected chi connectivity index (χ2v) is 7.39. The van der Waals surface area contributed by atoms with Crippen LogP contribution in [0.3, 0.4) is 0 Å². The minimum Gasteiger partial charge on any atom is -0.392 e. The summed E-state index contributed by atoms with van der Waals surface area (Å²) in [6.07, 6.45) is -0.393. The number of carbonyl (C=O) groups is 2. The van der Waals surface area contributed by atoms with E-state index < -0.39 is 12.1 Å². The summed E-state index contributed by atoms with van der Waals surface area (Å²) in [7, 11) is 0. The monoisotopic (exact) mass is 402 g/mol. The molecule has 0 aromatic heterocycles. The van der Waals surface area contributed by atoms with Crippen molar-refractivity contribution in [2.75, 3.05) is 6.54 Å². The summed E-state index contributed by atoms with van der Waals surface area (Å²) in [5.41, 5.74) is 2.39. The first-order chi connectivity index (χ1) is 13.5. The number of halogens is 1. The van der Waals surface area contributed by atoms with Crippen molar-refractivity contribution >= 4 is 23.4 Å². The highest BCUT2D eigenvalue weighted by atomic mass is 35.5. The fraction of sp³-hybridized carbons (Fsp3) is 0.333. The molecule has 28 heavy (non-hydrogen) atoms. The number of β-amino-alcohol motifs (C(OH)–C–C–N with tert-alkyl or cyclic N) is 1. The van der Waals surface area contributed by atoms with Gasteiger partial charge in [0.15, 0.2) is 0 Å². The quantitative estimate of drug-likeness (QED) is 0.685. The smallest absolute Gasteiger partial charge is 0.243 e. The lowest BCUT2D eigenvalue weighted by atomic mass is 10.1. The molecule has 0 saturated carbocycles. The van der Waals surface area contributed by atoms with Gasteiger partial charge in [0.2, 0.25) is 11.8 Å². The summed E-state index contributed by atoms with van der Waals surface area (Å²) < 4.78 is 0. The van der Waals surface area contributed by atoms with Crippen LogP contribution in [0.25, 0.3) is 0 Å². The average Bonchev–Trinajstić information content (AvgIpc) is 3.09. The molecule has 6 nitrogen and oxygen atoms in total. The first kappa shape index (κ1) is 20.3. The van der Waals surface area contributed by atoms with Gasteiger partial charge in [0.1, 0.15) is 6.04 Å². The van der Waals surface area contributed by atoms with E-state index in [1.807, 2.05) is 12.1 Å². The Morgan fingerprint density at radius 3 is 2.54 bits per heavy atom. The molecule has 2 atom stereocenters. The molecular formula is C21H23ClN2O4. The van der Waals surface area contributed by atoms with Gasteiger partial charge in [0.25, 0.3) is 0 Å². The molecule has 3 rings (SSSR count). The highest BCUT2D eigenvalue weighted by Gasteiger charge is 2.38. The molecule has 0 aliphatic carbocycles. The van der Waals surface area contributed by atoms with Crippen LogP contribution >= 0.6 is 11.6 Å². The predicted molar refractivity (Wildman–Crippen MR) is 105 cm³/mol. The molecule has 3 N–H and O–H groups in total. The van der Waals surface area contributed by atoms with Gasteiger partial charge in [-0.1, -0.05) is 48.0 Å². The standard InChI is InChI=1S/C21H23ClN2O4/c22-17-6-4-14(5-7-17)11-23-21(28)19-10-18(26)12-24(19)20(27)9-15-2-1-3-16(8-15)13-25/h1-8,18-19,25-26H,9-13H2,(H,23,28). The van der Waals surface area contributed by atoms with Gasteiger partial charge in [0.05, 0.1) is 19.1 Å². The number of rotatable bonds is 6. The summed E-state index contributed by atoms with van der Waals surface area (Å²) in [6.45, 7) is 0.362. The number of benzene rings is 2. The molecule has 1 fully saturated rings. The van der Waals surface area contributed by atoms with Crippen molar-refractivity contribution < 1.29 is 19.8 Å². The number of hydrogen-bond donors (Lipinski definition) is 3. The van der Waals surface area contributed by atoms with Crippen molar-refractivity contribution in [1.82, 2.24) is 10.2 Å². The van der Waals surface area contributed by atoms with Crippen molar-refractivity contribution in [3.63, 3.8) is 0 Å².